The number of fused-ring (bicyclic) bond motifs is 3. The molecule has 0 spiro atoms. The van der Waals surface area contributed by atoms with Gasteiger partial charge in [0.05, 0.1) is 29.8 Å². The van der Waals surface area contributed by atoms with E-state index in [0.717, 1.165) is 12.8 Å². The molecule has 3 atom stereocenters. The molecule has 2 bridgehead atoms. The molecule has 2 aromatic heterocycles. The second-order valence-corrected chi connectivity index (χ2v) is 11.3. The lowest BCUT2D eigenvalue weighted by Gasteiger charge is -2.47. The van der Waals surface area contributed by atoms with E-state index in [0.29, 0.717) is 60.5 Å². The highest BCUT2D eigenvalue weighted by molar-refractivity contribution is 6.45. The molecule has 0 unspecified atom stereocenters. The number of hydrogen-bond donors (Lipinski definition) is 2. The monoisotopic (exact) mass is 535 g/mol. The van der Waals surface area contributed by atoms with Crippen LogP contribution < -0.4 is 15.6 Å². The number of carbonyl (C=O) groups is 3. The quantitative estimate of drug-likeness (QED) is 0.183. The third kappa shape index (κ3) is 5.03. The van der Waals surface area contributed by atoms with E-state index in [9.17, 15) is 14.4 Å². The lowest BCUT2D eigenvalue weighted by atomic mass is 9.61. The van der Waals surface area contributed by atoms with Crippen LogP contribution in [0.4, 0.5) is 5.82 Å². The third-order valence-electron chi connectivity index (χ3n) is 8.63. The maximum atomic E-state index is 13.6. The number of H-pyrrole nitrogens is 1. The lowest BCUT2D eigenvalue weighted by molar-refractivity contribution is -0.149. The number of carbonyl (C=O) groups excluding carboxylic acids is 3. The van der Waals surface area contributed by atoms with Gasteiger partial charge in [-0.15, -0.1) is 0 Å². The molecule has 2 saturated carbocycles. The minimum atomic E-state index is -0.657. The number of hydrogen-bond acceptors (Lipinski definition) is 8. The van der Waals surface area contributed by atoms with E-state index < -0.39 is 11.7 Å². The van der Waals surface area contributed by atoms with Crippen LogP contribution >= 0.6 is 0 Å². The molecular weight excluding hydrogens is 498 g/mol. The van der Waals surface area contributed by atoms with E-state index in [2.05, 4.69) is 28.6 Å². The van der Waals surface area contributed by atoms with Gasteiger partial charge in [0.25, 0.3) is 11.7 Å². The topological polar surface area (TPSA) is 137 Å². The molecule has 5 rings (SSSR count). The molecule has 2 amide bonds. The van der Waals surface area contributed by atoms with Crippen LogP contribution in [0.1, 0.15) is 55.8 Å². The number of aromatic nitrogens is 2. The van der Waals surface area contributed by atoms with Crippen molar-refractivity contribution in [3.8, 4) is 5.75 Å². The summed E-state index contributed by atoms with van der Waals surface area (Å²) >= 11 is 0. The van der Waals surface area contributed by atoms with Crippen LogP contribution in [0.5, 0.6) is 5.75 Å². The van der Waals surface area contributed by atoms with Gasteiger partial charge in [-0.2, -0.15) is 0 Å². The Morgan fingerprint density at radius 2 is 1.87 bits per heavy atom. The van der Waals surface area contributed by atoms with Gasteiger partial charge in [0, 0.05) is 50.2 Å². The molecule has 39 heavy (non-hydrogen) atoms. The third-order valence-corrected chi connectivity index (χ3v) is 8.63. The first-order chi connectivity index (χ1) is 18.8. The van der Waals surface area contributed by atoms with Gasteiger partial charge in [0.1, 0.15) is 5.75 Å². The molecule has 3 aliphatic rings. The van der Waals surface area contributed by atoms with E-state index in [1.165, 1.54) is 67.5 Å². The fourth-order valence-corrected chi connectivity index (χ4v) is 6.88. The van der Waals surface area contributed by atoms with E-state index in [1.807, 2.05) is 4.90 Å². The molecule has 0 radical (unpaired) electrons. The fourth-order valence-electron chi connectivity index (χ4n) is 6.88. The molecule has 11 heteroatoms. The number of ether oxygens (including phenoxy) is 1. The zero-order chi connectivity index (χ0) is 27.7. The van der Waals surface area contributed by atoms with Gasteiger partial charge >= 0.3 is 0 Å². The Bertz CT molecular complexity index is 1300. The van der Waals surface area contributed by atoms with Crippen LogP contribution in [0.2, 0.25) is 0 Å². The molecule has 2 aromatic rings. The minimum Gasteiger partial charge on any atom is -0.494 e. The summed E-state index contributed by atoms with van der Waals surface area (Å²) in [5, 5.41) is 1.65. The lowest BCUT2D eigenvalue weighted by Crippen LogP contribution is -2.56. The Balaban J connectivity index is 1.29. The maximum Gasteiger partial charge on any atom is 0.295 e. The summed E-state index contributed by atoms with van der Waals surface area (Å²) in [6, 6.07) is 0. The first-order valence-corrected chi connectivity index (χ1v) is 13.6. The number of methoxy groups -OCH3 is 1. The number of nitrogens with one attached hydrogen (secondary N) is 1. The number of hydrazine groups is 1. The fraction of sp³-hybridized carbons (Fsp3) is 0.536. The van der Waals surface area contributed by atoms with Crippen LogP contribution in [0.25, 0.3) is 10.9 Å². The number of aliphatic imine (C=N–C) groups is 1. The Hall–Kier alpha value is -3.73. The summed E-state index contributed by atoms with van der Waals surface area (Å²) in [7, 11) is 1.47. The highest BCUT2D eigenvalue weighted by Gasteiger charge is 2.46. The molecule has 0 aromatic carbocycles. The summed E-state index contributed by atoms with van der Waals surface area (Å²) in [5.74, 6) is 6.97. The van der Waals surface area contributed by atoms with E-state index in [-0.39, 0.29) is 16.9 Å². The summed E-state index contributed by atoms with van der Waals surface area (Å²) < 4.78 is 5.44. The van der Waals surface area contributed by atoms with Crippen molar-refractivity contribution in [2.75, 3.05) is 38.3 Å². The molecule has 208 valence electrons. The van der Waals surface area contributed by atoms with E-state index >= 15 is 0 Å². The highest BCUT2D eigenvalue weighted by atomic mass is 16.5. The molecule has 11 nitrogen and oxygen atoms in total. The molecular formula is C28H37N7O4. The minimum absolute atomic E-state index is 0.175. The Morgan fingerprint density at radius 1 is 1.21 bits per heavy atom. The SMILES string of the molecule is C=N/C=C\N(N)c1ncc(OC)c2c(C(=O)C(=O)N3CCN(C(=O)[C@@]4(C)C[C@@H]5CCC[C@@H](C5)C4)CC3)c[nH]c12. The van der Waals surface area contributed by atoms with Crippen molar-refractivity contribution in [2.24, 2.45) is 28.1 Å². The van der Waals surface area contributed by atoms with Crippen LogP contribution in [-0.4, -0.2) is 77.4 Å². The average molecular weight is 536 g/mol. The van der Waals surface area contributed by atoms with Crippen LogP contribution in [0.3, 0.4) is 0 Å². The van der Waals surface area contributed by atoms with Gasteiger partial charge < -0.3 is 19.5 Å². The standard InChI is InChI=1S/C28H37N7O4/c1-28(14-18-5-4-6-19(13-18)15-28)27(38)34-11-9-33(10-12-34)26(37)24(36)20-16-31-23-22(20)21(39-3)17-32-25(23)35(29)8-7-30-2/h7-8,16-19,31H,2,4-6,9-15,29H2,1,3H3/b8-7-/t18-,19+,28+. The Labute approximate surface area is 228 Å². The van der Waals surface area contributed by atoms with Crippen molar-refractivity contribution in [3.05, 3.63) is 30.4 Å². The van der Waals surface area contributed by atoms with Crippen LogP contribution in [0, 0.1) is 17.3 Å². The Kier molecular flexibility index (Phi) is 7.44. The number of anilines is 1. The molecule has 1 saturated heterocycles. The second kappa shape index (κ2) is 10.8. The van der Waals surface area contributed by atoms with Crippen molar-refractivity contribution < 1.29 is 19.1 Å². The van der Waals surface area contributed by atoms with Crippen molar-refractivity contribution in [1.82, 2.24) is 19.8 Å². The number of nitrogens with two attached hydrogens (primary N) is 1. The number of nitrogens with zero attached hydrogens (tertiary/aromatic N) is 5. The zero-order valence-electron chi connectivity index (χ0n) is 22.7. The van der Waals surface area contributed by atoms with Gasteiger partial charge in [-0.25, -0.2) is 10.8 Å². The highest BCUT2D eigenvalue weighted by Crippen LogP contribution is 2.49. The van der Waals surface area contributed by atoms with Crippen molar-refractivity contribution >= 4 is 41.0 Å². The Morgan fingerprint density at radius 3 is 2.51 bits per heavy atom. The summed E-state index contributed by atoms with van der Waals surface area (Å²) in [6.07, 6.45) is 12.7. The van der Waals surface area contributed by atoms with Gasteiger partial charge in [0.15, 0.2) is 5.82 Å². The number of pyridine rings is 1. The summed E-state index contributed by atoms with van der Waals surface area (Å²) in [6.45, 7) is 7.01. The number of Topliss-reactive ketones (excluding diaryl/α,β-unsaturated/α-hetero) is 1. The number of piperazine rings is 1. The molecule has 2 aliphatic carbocycles. The second-order valence-electron chi connectivity index (χ2n) is 11.3. The van der Waals surface area contributed by atoms with Crippen molar-refractivity contribution in [2.45, 2.75) is 45.4 Å². The van der Waals surface area contributed by atoms with Crippen molar-refractivity contribution in [1.29, 1.82) is 0 Å². The first-order valence-electron chi connectivity index (χ1n) is 13.6. The van der Waals surface area contributed by atoms with Gasteiger partial charge in [-0.1, -0.05) is 26.2 Å². The number of aromatic amines is 1. The van der Waals surface area contributed by atoms with Crippen LogP contribution in [-0.2, 0) is 9.59 Å². The molecule has 3 heterocycles. The van der Waals surface area contributed by atoms with Crippen LogP contribution in [0.15, 0.2) is 29.8 Å². The van der Waals surface area contributed by atoms with E-state index in [4.69, 9.17) is 10.6 Å². The van der Waals surface area contributed by atoms with E-state index in [1.54, 1.807) is 0 Å². The predicted molar refractivity (Wildman–Crippen MR) is 148 cm³/mol. The predicted octanol–water partition coefficient (Wildman–Crippen LogP) is 2.88. The molecule has 3 N–H and O–H groups in total. The number of ketones is 1. The average Bonchev–Trinajstić information content (AvgIpc) is 3.39. The normalized spacial score (nSPS) is 25.1. The maximum absolute atomic E-state index is 13.6. The summed E-state index contributed by atoms with van der Waals surface area (Å²) in [5.41, 5.74) is 0.299. The molecule has 3 fully saturated rings. The largest absolute Gasteiger partial charge is 0.494 e. The zero-order valence-corrected chi connectivity index (χ0v) is 22.7. The molecule has 1 aliphatic heterocycles. The van der Waals surface area contributed by atoms with Gasteiger partial charge in [-0.05, 0) is 37.8 Å². The number of rotatable bonds is 7. The van der Waals surface area contributed by atoms with Crippen molar-refractivity contribution in [3.63, 3.8) is 0 Å². The summed E-state index contributed by atoms with van der Waals surface area (Å²) in [4.78, 5) is 54.7. The smallest absolute Gasteiger partial charge is 0.295 e. The van der Waals surface area contributed by atoms with Gasteiger partial charge in [-0.3, -0.25) is 24.4 Å². The van der Waals surface area contributed by atoms with Gasteiger partial charge in [0.2, 0.25) is 5.91 Å². The first kappa shape index (κ1) is 26.9. The number of amides is 2.